The largest absolute Gasteiger partial charge is 0.502 e. The molecule has 29 heavy (non-hydrogen) atoms. The number of ether oxygens (including phenoxy) is 5. The Balaban J connectivity index is 1.78. The van der Waals surface area contributed by atoms with Gasteiger partial charge < -0.3 is 33.9 Å². The molecule has 1 atom stereocenters. The highest BCUT2D eigenvalue weighted by Crippen LogP contribution is 2.50. The summed E-state index contributed by atoms with van der Waals surface area (Å²) in [7, 11) is 2.87. The van der Waals surface area contributed by atoms with Gasteiger partial charge >= 0.3 is 5.97 Å². The summed E-state index contributed by atoms with van der Waals surface area (Å²) in [6, 6.07) is 3.25. The van der Waals surface area contributed by atoms with Gasteiger partial charge in [0.15, 0.2) is 17.3 Å². The fraction of sp³-hybridized carbons (Fsp3) is 0.286. The Morgan fingerprint density at radius 2 is 1.79 bits per heavy atom. The molecular formula is C21H18O8. The molecule has 1 aromatic carbocycles. The zero-order valence-electron chi connectivity index (χ0n) is 15.8. The molecule has 0 saturated heterocycles. The number of methoxy groups -OCH3 is 2. The first kappa shape index (κ1) is 17.7. The van der Waals surface area contributed by atoms with E-state index in [1.165, 1.54) is 14.2 Å². The quantitative estimate of drug-likeness (QED) is 0.745. The van der Waals surface area contributed by atoms with Crippen LogP contribution in [0.3, 0.4) is 0 Å². The lowest BCUT2D eigenvalue weighted by Gasteiger charge is -2.30. The number of benzene rings is 1. The second-order valence-corrected chi connectivity index (χ2v) is 6.93. The highest BCUT2D eigenvalue weighted by atomic mass is 16.7. The third kappa shape index (κ3) is 2.45. The van der Waals surface area contributed by atoms with Gasteiger partial charge in [-0.15, -0.1) is 0 Å². The van der Waals surface area contributed by atoms with Crippen molar-refractivity contribution < 1.29 is 38.7 Å². The van der Waals surface area contributed by atoms with Crippen LogP contribution >= 0.6 is 0 Å². The van der Waals surface area contributed by atoms with E-state index in [1.807, 2.05) is 0 Å². The van der Waals surface area contributed by atoms with Crippen molar-refractivity contribution in [2.45, 2.75) is 12.5 Å². The molecule has 0 radical (unpaired) electrons. The molecule has 0 amide bonds. The zero-order valence-corrected chi connectivity index (χ0v) is 15.8. The van der Waals surface area contributed by atoms with Crippen molar-refractivity contribution in [1.29, 1.82) is 0 Å². The minimum atomic E-state index is -0.977. The Morgan fingerprint density at radius 1 is 1.07 bits per heavy atom. The number of allylic oxidation sites excluding steroid dienone is 2. The number of phenols is 1. The van der Waals surface area contributed by atoms with Gasteiger partial charge in [-0.2, -0.15) is 0 Å². The molecule has 0 aromatic heterocycles. The number of carbonyl (C=O) groups is 1. The Labute approximate surface area is 165 Å². The lowest BCUT2D eigenvalue weighted by molar-refractivity contribution is -0.135. The number of rotatable bonds is 3. The molecule has 4 aliphatic rings. The maximum Gasteiger partial charge on any atom is 0.339 e. The average molecular weight is 398 g/mol. The van der Waals surface area contributed by atoms with Crippen LogP contribution in [0.2, 0.25) is 0 Å². The third-order valence-corrected chi connectivity index (χ3v) is 5.52. The number of phenolic OH excluding ortho intramolecular Hbond substituents is 1. The minimum absolute atomic E-state index is 0.0130. The lowest BCUT2D eigenvalue weighted by atomic mass is 9.75. The first-order chi connectivity index (χ1) is 14.0. The standard InChI is InChI=1S/C21H18O8/c1-25-15-3-9(4-16(26-2)20(15)23)17-10-5-13-14(29-8-28-13)6-11(10)19(22)12-7-27-21(24)18(12)17/h3-4,6,19,22-23H,5,7-8H2,1-2H3. The van der Waals surface area contributed by atoms with Crippen LogP contribution in [-0.4, -0.2) is 49.9 Å². The zero-order chi connectivity index (χ0) is 20.3. The molecule has 2 aliphatic carbocycles. The number of cyclic esters (lactones) is 1. The molecule has 2 aliphatic heterocycles. The van der Waals surface area contributed by atoms with E-state index in [2.05, 4.69) is 0 Å². The fourth-order valence-electron chi connectivity index (χ4n) is 4.14. The van der Waals surface area contributed by atoms with Crippen LogP contribution in [0.15, 0.2) is 52.0 Å². The first-order valence-corrected chi connectivity index (χ1v) is 9.01. The van der Waals surface area contributed by atoms with E-state index in [4.69, 9.17) is 23.7 Å². The van der Waals surface area contributed by atoms with Crippen molar-refractivity contribution in [3.8, 4) is 17.2 Å². The van der Waals surface area contributed by atoms with Gasteiger partial charge in [0.2, 0.25) is 12.5 Å². The van der Waals surface area contributed by atoms with Gasteiger partial charge in [-0.05, 0) is 34.9 Å². The molecule has 150 valence electrons. The van der Waals surface area contributed by atoms with Crippen LogP contribution in [-0.2, 0) is 19.0 Å². The van der Waals surface area contributed by atoms with Crippen LogP contribution in [0.5, 0.6) is 17.2 Å². The van der Waals surface area contributed by atoms with Crippen molar-refractivity contribution >= 4 is 11.5 Å². The van der Waals surface area contributed by atoms with E-state index < -0.39 is 12.1 Å². The molecule has 2 heterocycles. The highest BCUT2D eigenvalue weighted by Gasteiger charge is 2.43. The van der Waals surface area contributed by atoms with E-state index in [0.29, 0.717) is 45.8 Å². The fourth-order valence-corrected chi connectivity index (χ4v) is 4.14. The van der Waals surface area contributed by atoms with Crippen molar-refractivity contribution in [3.63, 3.8) is 0 Å². The van der Waals surface area contributed by atoms with Crippen LogP contribution in [0.1, 0.15) is 12.0 Å². The SMILES string of the molecule is COc1cc(C2=C3CC4=C(C=C3C(O)C3=C2C(=O)OC3)OCO4)cc(OC)c1O. The van der Waals surface area contributed by atoms with Gasteiger partial charge in [-0.3, -0.25) is 0 Å². The Hall–Kier alpha value is -3.39. The lowest BCUT2D eigenvalue weighted by Crippen LogP contribution is -2.25. The molecule has 2 N–H and O–H groups in total. The number of carbonyl (C=O) groups excluding carboxylic acids is 1. The Bertz CT molecular complexity index is 1050. The van der Waals surface area contributed by atoms with Gasteiger partial charge in [-0.1, -0.05) is 0 Å². The Kier molecular flexibility index (Phi) is 3.85. The topological polar surface area (TPSA) is 104 Å². The van der Waals surface area contributed by atoms with Crippen LogP contribution in [0.4, 0.5) is 0 Å². The molecule has 8 heteroatoms. The number of fused-ring (bicyclic) bond motifs is 1. The normalized spacial score (nSPS) is 22.4. The van der Waals surface area contributed by atoms with Crippen LogP contribution in [0.25, 0.3) is 5.57 Å². The minimum Gasteiger partial charge on any atom is -0.502 e. The molecule has 1 aromatic rings. The number of aliphatic hydroxyl groups is 1. The van der Waals surface area contributed by atoms with Gasteiger partial charge in [0.1, 0.15) is 18.5 Å². The van der Waals surface area contributed by atoms with E-state index in [0.717, 1.165) is 5.57 Å². The molecule has 1 unspecified atom stereocenters. The number of aliphatic hydroxyl groups excluding tert-OH is 1. The second-order valence-electron chi connectivity index (χ2n) is 6.93. The maximum absolute atomic E-state index is 12.6. The summed E-state index contributed by atoms with van der Waals surface area (Å²) in [6.45, 7) is 0.127. The van der Waals surface area contributed by atoms with Crippen molar-refractivity contribution in [3.05, 3.63) is 57.6 Å². The molecule has 8 nitrogen and oxygen atoms in total. The van der Waals surface area contributed by atoms with Crippen molar-refractivity contribution in [1.82, 2.24) is 0 Å². The van der Waals surface area contributed by atoms with Crippen molar-refractivity contribution in [2.24, 2.45) is 0 Å². The molecule has 0 bridgehead atoms. The number of aromatic hydroxyl groups is 1. The van der Waals surface area contributed by atoms with Gasteiger partial charge in [-0.25, -0.2) is 4.79 Å². The van der Waals surface area contributed by atoms with E-state index in [1.54, 1.807) is 18.2 Å². The maximum atomic E-state index is 12.6. The summed E-state index contributed by atoms with van der Waals surface area (Å²) in [5.41, 5.74) is 3.37. The second kappa shape index (κ2) is 6.31. The first-order valence-electron chi connectivity index (χ1n) is 9.01. The monoisotopic (exact) mass is 398 g/mol. The summed E-state index contributed by atoms with van der Waals surface area (Å²) in [4.78, 5) is 12.6. The number of esters is 1. The molecular weight excluding hydrogens is 380 g/mol. The van der Waals surface area contributed by atoms with Gasteiger partial charge in [0, 0.05) is 17.6 Å². The highest BCUT2D eigenvalue weighted by molar-refractivity contribution is 6.12. The summed E-state index contributed by atoms with van der Waals surface area (Å²) in [5, 5.41) is 21.2. The molecule has 5 rings (SSSR count). The van der Waals surface area contributed by atoms with Crippen molar-refractivity contribution in [2.75, 3.05) is 27.6 Å². The predicted octanol–water partition coefficient (Wildman–Crippen LogP) is 1.94. The predicted molar refractivity (Wildman–Crippen MR) is 98.9 cm³/mol. The summed E-state index contributed by atoms with van der Waals surface area (Å²) >= 11 is 0. The van der Waals surface area contributed by atoms with E-state index >= 15 is 0 Å². The Morgan fingerprint density at radius 3 is 2.48 bits per heavy atom. The molecule has 0 saturated carbocycles. The summed E-state index contributed by atoms with van der Waals surface area (Å²) in [5.74, 6) is 0.983. The summed E-state index contributed by atoms with van der Waals surface area (Å²) < 4.78 is 26.8. The summed E-state index contributed by atoms with van der Waals surface area (Å²) in [6.07, 6.45) is 1.12. The smallest absolute Gasteiger partial charge is 0.339 e. The molecule has 0 spiro atoms. The van der Waals surface area contributed by atoms with Gasteiger partial charge in [0.05, 0.1) is 19.8 Å². The average Bonchev–Trinajstić information content (AvgIpc) is 3.34. The van der Waals surface area contributed by atoms with Crippen LogP contribution < -0.4 is 9.47 Å². The number of hydrogen-bond donors (Lipinski definition) is 2. The number of hydrogen-bond acceptors (Lipinski definition) is 8. The molecule has 0 fully saturated rings. The van der Waals surface area contributed by atoms with E-state index in [-0.39, 0.29) is 30.6 Å². The third-order valence-electron chi connectivity index (χ3n) is 5.52. The van der Waals surface area contributed by atoms with Gasteiger partial charge in [0.25, 0.3) is 0 Å². The van der Waals surface area contributed by atoms with E-state index in [9.17, 15) is 15.0 Å². The van der Waals surface area contributed by atoms with Crippen LogP contribution in [0, 0.1) is 0 Å².